The van der Waals surface area contributed by atoms with E-state index in [1.807, 2.05) is 6.08 Å². The van der Waals surface area contributed by atoms with Gasteiger partial charge in [0.15, 0.2) is 12.6 Å². The summed E-state index contributed by atoms with van der Waals surface area (Å²) in [5.41, 5.74) is 0. The minimum Gasteiger partial charge on any atom is -0.394 e. The molecule has 0 radical (unpaired) electrons. The molecular weight excluding hydrogens is 1350 g/mol. The van der Waals surface area contributed by atoms with Crippen molar-refractivity contribution in [3.8, 4) is 0 Å². The van der Waals surface area contributed by atoms with E-state index < -0.39 is 86.8 Å². The summed E-state index contributed by atoms with van der Waals surface area (Å²) in [5, 5.41) is 87.9. The van der Waals surface area contributed by atoms with E-state index in [1.54, 1.807) is 6.08 Å². The first-order valence-electron chi connectivity index (χ1n) is 46.2. The SMILES string of the molecule is CC/C=C\C/C=C\C/C=C\C/C=C\CCCCCCCCCCCCCCCCCCCCCCCCCCCCCCC(=O)NC(COC1OC(CO)C(OC2OC(CO)C(O)C(O)C2O)C(O)C1O)C(O)/C=C/CC/C=C/CCCCCCCCCCCCCCCCCCCCCCCCCCCCC. The molecule has 9 N–H and O–H groups in total. The highest BCUT2D eigenvalue weighted by Gasteiger charge is 2.51. The van der Waals surface area contributed by atoms with Crippen LogP contribution in [0.25, 0.3) is 0 Å². The van der Waals surface area contributed by atoms with Crippen LogP contribution in [0.15, 0.2) is 72.9 Å². The molecular formula is C94H173NO13. The number of allylic oxidation sites excluding steroid dienone is 11. The zero-order valence-electron chi connectivity index (χ0n) is 69.9. The van der Waals surface area contributed by atoms with Crippen LogP contribution in [-0.4, -0.2) is 140 Å². The Bertz CT molecular complexity index is 2100. The average Bonchev–Trinajstić information content (AvgIpc) is 0.789. The molecule has 14 nitrogen and oxygen atoms in total. The lowest BCUT2D eigenvalue weighted by Gasteiger charge is -2.46. The molecule has 2 fully saturated rings. The number of hydrogen-bond acceptors (Lipinski definition) is 13. The van der Waals surface area contributed by atoms with Crippen LogP contribution < -0.4 is 5.32 Å². The molecule has 14 heteroatoms. The van der Waals surface area contributed by atoms with Crippen molar-refractivity contribution in [3.63, 3.8) is 0 Å². The number of nitrogens with one attached hydrogen (secondary N) is 1. The number of amides is 1. The minimum atomic E-state index is -1.79. The fourth-order valence-electron chi connectivity index (χ4n) is 15.2. The molecule has 2 rings (SSSR count). The Kier molecular flexibility index (Phi) is 72.4. The second-order valence-electron chi connectivity index (χ2n) is 32.4. The van der Waals surface area contributed by atoms with E-state index in [2.05, 4.69) is 79.9 Å². The fraction of sp³-hybridized carbons (Fsp3) is 0.862. The molecule has 2 aliphatic heterocycles. The monoisotopic (exact) mass is 1520 g/mol. The molecule has 0 aromatic heterocycles. The van der Waals surface area contributed by atoms with Crippen molar-refractivity contribution in [2.24, 2.45) is 0 Å². The highest BCUT2D eigenvalue weighted by Crippen LogP contribution is 2.31. The van der Waals surface area contributed by atoms with Gasteiger partial charge >= 0.3 is 0 Å². The standard InChI is InChI=1S/C94H173NO13/c1-3-5-7-9-11-13-15-17-19-21-23-25-27-29-31-33-35-37-38-39-40-41-42-43-44-46-48-50-52-54-56-58-60-62-64-66-68-70-72-74-76-78-86(99)95-82(81-105-93-91(104)89(102)92(85(80-97)107-93)108-94-90(103)88(101)87(100)84(79-96)106-94)83(98)77-75-73-71-69-67-65-63-61-59-57-55-53-51-49-47-45-36-34-32-30-28-26-24-22-20-18-16-14-12-10-8-6-4-2/h5,7,11,13,17,19,23,25,67,69,75,77,82-85,87-94,96-98,100-104H,3-4,6,8-10,12,14-16,18,20-22,24,26-66,68,70-74,76,78-81H2,1-2H3,(H,95,99)/b7-5-,13-11-,19-17-,25-23-,69-67+,77-75+. The zero-order valence-corrected chi connectivity index (χ0v) is 69.9. The van der Waals surface area contributed by atoms with Gasteiger partial charge < -0.3 is 65.1 Å². The normalized spacial score (nSPS) is 21.4. The predicted molar refractivity (Wildman–Crippen MR) is 452 cm³/mol. The third kappa shape index (κ3) is 58.3. The van der Waals surface area contributed by atoms with E-state index in [9.17, 15) is 45.6 Å². The quantitative estimate of drug-likeness (QED) is 0.0204. The number of carbonyl (C=O) groups is 1. The maximum Gasteiger partial charge on any atom is 0.220 e. The molecule has 0 spiro atoms. The van der Waals surface area contributed by atoms with Crippen LogP contribution in [-0.2, 0) is 23.7 Å². The van der Waals surface area contributed by atoms with Crippen LogP contribution in [0.5, 0.6) is 0 Å². The van der Waals surface area contributed by atoms with Crippen molar-refractivity contribution in [2.45, 2.75) is 498 Å². The molecule has 108 heavy (non-hydrogen) atoms. The van der Waals surface area contributed by atoms with Crippen molar-refractivity contribution in [3.05, 3.63) is 72.9 Å². The molecule has 0 bridgehead atoms. The summed E-state index contributed by atoms with van der Waals surface area (Å²) in [7, 11) is 0. The first kappa shape index (κ1) is 102. The molecule has 2 saturated heterocycles. The van der Waals surface area contributed by atoms with Crippen LogP contribution in [0, 0.1) is 0 Å². The molecule has 12 unspecified atom stereocenters. The molecule has 2 aliphatic rings. The third-order valence-electron chi connectivity index (χ3n) is 22.4. The van der Waals surface area contributed by atoms with Crippen molar-refractivity contribution < 1.29 is 64.6 Å². The third-order valence-corrected chi connectivity index (χ3v) is 22.4. The number of rotatable bonds is 79. The zero-order chi connectivity index (χ0) is 77.9. The number of ether oxygens (including phenoxy) is 4. The van der Waals surface area contributed by atoms with Crippen LogP contribution in [0.2, 0.25) is 0 Å². The van der Waals surface area contributed by atoms with Gasteiger partial charge in [-0.3, -0.25) is 4.79 Å². The van der Waals surface area contributed by atoms with E-state index >= 15 is 0 Å². The molecule has 1 amide bonds. The van der Waals surface area contributed by atoms with Gasteiger partial charge in [0.05, 0.1) is 32.0 Å². The lowest BCUT2D eigenvalue weighted by atomic mass is 9.97. The summed E-state index contributed by atoms with van der Waals surface area (Å²) in [5.74, 6) is -0.241. The molecule has 0 aromatic carbocycles. The van der Waals surface area contributed by atoms with Crippen LogP contribution in [0.4, 0.5) is 0 Å². The van der Waals surface area contributed by atoms with Crippen molar-refractivity contribution in [2.75, 3.05) is 19.8 Å². The van der Waals surface area contributed by atoms with E-state index in [4.69, 9.17) is 18.9 Å². The highest BCUT2D eigenvalue weighted by atomic mass is 16.7. The van der Waals surface area contributed by atoms with Gasteiger partial charge in [0.25, 0.3) is 0 Å². The van der Waals surface area contributed by atoms with Crippen LogP contribution in [0.3, 0.4) is 0 Å². The molecule has 12 atom stereocenters. The van der Waals surface area contributed by atoms with E-state index in [1.165, 1.54) is 334 Å². The first-order chi connectivity index (χ1) is 53.1. The second-order valence-corrected chi connectivity index (χ2v) is 32.4. The minimum absolute atomic E-state index is 0.241. The van der Waals surface area contributed by atoms with E-state index in [-0.39, 0.29) is 18.9 Å². The Hall–Kier alpha value is -2.57. The van der Waals surface area contributed by atoms with Gasteiger partial charge in [-0.25, -0.2) is 0 Å². The van der Waals surface area contributed by atoms with Gasteiger partial charge in [-0.1, -0.05) is 421 Å². The topological polar surface area (TPSA) is 228 Å². The molecule has 2 heterocycles. The van der Waals surface area contributed by atoms with Crippen molar-refractivity contribution in [1.29, 1.82) is 0 Å². The molecule has 632 valence electrons. The smallest absolute Gasteiger partial charge is 0.220 e. The largest absolute Gasteiger partial charge is 0.394 e. The van der Waals surface area contributed by atoms with Crippen LogP contribution in [0.1, 0.15) is 425 Å². The fourth-order valence-corrected chi connectivity index (χ4v) is 15.2. The maximum absolute atomic E-state index is 13.4. The van der Waals surface area contributed by atoms with Crippen molar-refractivity contribution >= 4 is 5.91 Å². The number of aliphatic hydroxyl groups is 8. The van der Waals surface area contributed by atoms with Gasteiger partial charge in [-0.15, -0.1) is 0 Å². The Morgan fingerprint density at radius 3 is 1.02 bits per heavy atom. The van der Waals surface area contributed by atoms with Gasteiger partial charge in [-0.05, 0) is 70.6 Å². The Labute approximate surface area is 663 Å². The summed E-state index contributed by atoms with van der Waals surface area (Å²) in [4.78, 5) is 13.4. The first-order valence-corrected chi connectivity index (χ1v) is 46.2. The molecule has 0 saturated carbocycles. The highest BCUT2D eigenvalue weighted by molar-refractivity contribution is 5.76. The van der Waals surface area contributed by atoms with Gasteiger partial charge in [-0.2, -0.15) is 0 Å². The number of carbonyl (C=O) groups excluding carboxylic acids is 1. The van der Waals surface area contributed by atoms with E-state index in [0.717, 1.165) is 57.8 Å². The lowest BCUT2D eigenvalue weighted by molar-refractivity contribution is -0.359. The Balaban J connectivity index is 1.55. The number of hydrogen-bond donors (Lipinski definition) is 9. The van der Waals surface area contributed by atoms with Crippen LogP contribution >= 0.6 is 0 Å². The summed E-state index contributed by atoms with van der Waals surface area (Å²) in [6.07, 6.45) is 91.8. The summed E-state index contributed by atoms with van der Waals surface area (Å²) < 4.78 is 23.0. The summed E-state index contributed by atoms with van der Waals surface area (Å²) in [6.45, 7) is 2.74. The Morgan fingerprint density at radius 2 is 0.648 bits per heavy atom. The second kappa shape index (κ2) is 77.0. The van der Waals surface area contributed by atoms with Gasteiger partial charge in [0, 0.05) is 6.42 Å². The lowest BCUT2D eigenvalue weighted by Crippen LogP contribution is -2.65. The molecule has 0 aliphatic carbocycles. The van der Waals surface area contributed by atoms with Gasteiger partial charge in [0.1, 0.15) is 48.8 Å². The maximum atomic E-state index is 13.4. The molecule has 0 aromatic rings. The van der Waals surface area contributed by atoms with E-state index in [0.29, 0.717) is 12.8 Å². The summed E-state index contributed by atoms with van der Waals surface area (Å²) >= 11 is 0. The predicted octanol–water partition coefficient (Wildman–Crippen LogP) is 22.8. The number of aliphatic hydroxyl groups excluding tert-OH is 8. The van der Waals surface area contributed by atoms with Crippen molar-refractivity contribution in [1.82, 2.24) is 5.32 Å². The average molecular weight is 1530 g/mol. The summed E-state index contributed by atoms with van der Waals surface area (Å²) in [6, 6.07) is -0.934. The number of unbranched alkanes of at least 4 members (excludes halogenated alkanes) is 56. The Morgan fingerprint density at radius 1 is 0.343 bits per heavy atom. The van der Waals surface area contributed by atoms with Gasteiger partial charge in [0.2, 0.25) is 5.91 Å².